The van der Waals surface area contributed by atoms with E-state index >= 15 is 0 Å². The standard InChI is InChI=1S/C12H12ClF3N6/c1-2-7-10-20-18-6-22(10)8-5-17-11(13)19-9(8)21(7)4-3-12(14,15)16/h5-7H,2-4H2,1H3/t7-/m1/s1. The van der Waals surface area contributed by atoms with E-state index in [-0.39, 0.29) is 17.9 Å². The van der Waals surface area contributed by atoms with Crippen LogP contribution in [0.3, 0.4) is 0 Å². The van der Waals surface area contributed by atoms with Gasteiger partial charge in [-0.2, -0.15) is 18.2 Å². The highest BCUT2D eigenvalue weighted by molar-refractivity contribution is 6.28. The predicted octanol–water partition coefficient (Wildman–Crippen LogP) is 2.93. The summed E-state index contributed by atoms with van der Waals surface area (Å²) >= 11 is 5.81. The lowest BCUT2D eigenvalue weighted by Crippen LogP contribution is -2.38. The Labute approximate surface area is 128 Å². The Morgan fingerprint density at radius 1 is 1.36 bits per heavy atom. The second-order valence-electron chi connectivity index (χ2n) is 4.89. The maximum Gasteiger partial charge on any atom is 0.390 e. The molecule has 0 amide bonds. The van der Waals surface area contributed by atoms with E-state index in [0.29, 0.717) is 23.8 Å². The largest absolute Gasteiger partial charge is 0.390 e. The molecule has 0 fully saturated rings. The fourth-order valence-corrected chi connectivity index (χ4v) is 2.71. The van der Waals surface area contributed by atoms with Crippen LogP contribution >= 0.6 is 11.6 Å². The Morgan fingerprint density at radius 2 is 2.14 bits per heavy atom. The predicted molar refractivity (Wildman–Crippen MR) is 73.0 cm³/mol. The van der Waals surface area contributed by atoms with E-state index in [1.165, 1.54) is 12.5 Å². The summed E-state index contributed by atoms with van der Waals surface area (Å²) in [4.78, 5) is 9.57. The van der Waals surface area contributed by atoms with E-state index in [1.807, 2.05) is 6.92 Å². The molecule has 22 heavy (non-hydrogen) atoms. The lowest BCUT2D eigenvalue weighted by molar-refractivity contribution is -0.132. The number of aromatic nitrogens is 5. The number of nitrogens with zero attached hydrogens (tertiary/aromatic N) is 6. The van der Waals surface area contributed by atoms with E-state index in [9.17, 15) is 13.2 Å². The molecule has 0 saturated carbocycles. The van der Waals surface area contributed by atoms with E-state index in [4.69, 9.17) is 11.6 Å². The molecular weight excluding hydrogens is 321 g/mol. The molecule has 6 nitrogen and oxygen atoms in total. The van der Waals surface area contributed by atoms with Crippen molar-refractivity contribution < 1.29 is 13.2 Å². The van der Waals surface area contributed by atoms with Gasteiger partial charge in [0.05, 0.1) is 18.7 Å². The molecule has 118 valence electrons. The first-order valence-corrected chi connectivity index (χ1v) is 7.04. The summed E-state index contributed by atoms with van der Waals surface area (Å²) in [5.41, 5.74) is 0.524. The summed E-state index contributed by atoms with van der Waals surface area (Å²) in [5, 5.41) is 7.86. The molecule has 2 aromatic rings. The van der Waals surface area contributed by atoms with Crippen LogP contribution < -0.4 is 4.90 Å². The van der Waals surface area contributed by atoms with Gasteiger partial charge in [-0.05, 0) is 18.0 Å². The Hall–Kier alpha value is -1.90. The molecule has 0 radical (unpaired) electrons. The number of hydrogen-bond acceptors (Lipinski definition) is 5. The first-order valence-electron chi connectivity index (χ1n) is 6.67. The highest BCUT2D eigenvalue weighted by Gasteiger charge is 2.36. The van der Waals surface area contributed by atoms with Crippen LogP contribution in [-0.2, 0) is 0 Å². The molecule has 1 atom stereocenters. The molecule has 0 unspecified atom stereocenters. The molecule has 0 bridgehead atoms. The molecule has 1 aliphatic heterocycles. The number of anilines is 1. The molecule has 0 spiro atoms. The smallest absolute Gasteiger partial charge is 0.344 e. The van der Waals surface area contributed by atoms with E-state index in [1.54, 1.807) is 9.47 Å². The van der Waals surface area contributed by atoms with Crippen molar-refractivity contribution in [3.63, 3.8) is 0 Å². The van der Waals surface area contributed by atoms with Crippen LogP contribution in [0, 0.1) is 0 Å². The van der Waals surface area contributed by atoms with Crippen LogP contribution in [0.15, 0.2) is 12.5 Å². The van der Waals surface area contributed by atoms with Gasteiger partial charge in [0.15, 0.2) is 11.6 Å². The third kappa shape index (κ3) is 2.60. The third-order valence-corrected chi connectivity index (χ3v) is 3.71. The van der Waals surface area contributed by atoms with E-state index < -0.39 is 12.6 Å². The molecule has 0 N–H and O–H groups in total. The van der Waals surface area contributed by atoms with Gasteiger partial charge < -0.3 is 4.90 Å². The monoisotopic (exact) mass is 332 g/mol. The van der Waals surface area contributed by atoms with Gasteiger partial charge in [-0.15, -0.1) is 10.2 Å². The highest BCUT2D eigenvalue weighted by atomic mass is 35.5. The zero-order valence-corrected chi connectivity index (χ0v) is 12.3. The van der Waals surface area contributed by atoms with Crippen molar-refractivity contribution in [1.29, 1.82) is 0 Å². The Bertz CT molecular complexity index is 686. The maximum atomic E-state index is 12.6. The van der Waals surface area contributed by atoms with Gasteiger partial charge >= 0.3 is 6.18 Å². The minimum Gasteiger partial charge on any atom is -0.344 e. The quantitative estimate of drug-likeness (QED) is 0.809. The van der Waals surface area contributed by atoms with Crippen molar-refractivity contribution in [3.8, 4) is 5.69 Å². The van der Waals surface area contributed by atoms with Crippen molar-refractivity contribution in [3.05, 3.63) is 23.6 Å². The van der Waals surface area contributed by atoms with Gasteiger partial charge in [0.25, 0.3) is 0 Å². The van der Waals surface area contributed by atoms with Gasteiger partial charge in [0.2, 0.25) is 5.28 Å². The number of alkyl halides is 3. The average Bonchev–Trinajstić information content (AvgIpc) is 2.92. The van der Waals surface area contributed by atoms with Crippen LogP contribution in [0.1, 0.15) is 31.6 Å². The summed E-state index contributed by atoms with van der Waals surface area (Å²) in [5.74, 6) is 0.937. The van der Waals surface area contributed by atoms with Gasteiger partial charge in [0.1, 0.15) is 12.0 Å². The Balaban J connectivity index is 2.06. The van der Waals surface area contributed by atoms with E-state index in [2.05, 4.69) is 20.2 Å². The van der Waals surface area contributed by atoms with Gasteiger partial charge in [-0.1, -0.05) is 6.92 Å². The van der Waals surface area contributed by atoms with Crippen molar-refractivity contribution in [2.24, 2.45) is 0 Å². The summed E-state index contributed by atoms with van der Waals surface area (Å²) in [6, 6.07) is -0.344. The van der Waals surface area contributed by atoms with Gasteiger partial charge in [0, 0.05) is 6.54 Å². The molecule has 10 heteroatoms. The van der Waals surface area contributed by atoms with Crippen LogP contribution in [0.2, 0.25) is 5.28 Å². The van der Waals surface area contributed by atoms with Crippen LogP contribution in [-0.4, -0.2) is 37.5 Å². The SMILES string of the molecule is CC[C@@H]1c2nncn2-c2cnc(Cl)nc2N1CCC(F)(F)F. The first kappa shape index (κ1) is 15.0. The summed E-state index contributed by atoms with van der Waals surface area (Å²) in [7, 11) is 0. The third-order valence-electron chi connectivity index (χ3n) is 3.52. The van der Waals surface area contributed by atoms with Crippen LogP contribution in [0.4, 0.5) is 19.0 Å². The second kappa shape index (κ2) is 5.38. The average molecular weight is 333 g/mol. The minimum absolute atomic E-state index is 0.0119. The van der Waals surface area contributed by atoms with Crippen molar-refractivity contribution >= 4 is 17.4 Å². The summed E-state index contributed by atoms with van der Waals surface area (Å²) < 4.78 is 39.5. The summed E-state index contributed by atoms with van der Waals surface area (Å²) in [6.07, 6.45) is -1.67. The fourth-order valence-electron chi connectivity index (χ4n) is 2.58. The van der Waals surface area contributed by atoms with Crippen LogP contribution in [0.5, 0.6) is 0 Å². The Kier molecular flexibility index (Phi) is 3.67. The van der Waals surface area contributed by atoms with Crippen molar-refractivity contribution in [2.75, 3.05) is 11.4 Å². The molecule has 1 aliphatic rings. The molecule has 0 aliphatic carbocycles. The van der Waals surface area contributed by atoms with E-state index in [0.717, 1.165) is 0 Å². The second-order valence-corrected chi connectivity index (χ2v) is 5.23. The van der Waals surface area contributed by atoms with Crippen molar-refractivity contribution in [1.82, 2.24) is 24.7 Å². The lowest BCUT2D eigenvalue weighted by Gasteiger charge is -2.36. The topological polar surface area (TPSA) is 59.7 Å². The highest BCUT2D eigenvalue weighted by Crippen LogP contribution is 2.38. The molecule has 3 rings (SSSR count). The van der Waals surface area contributed by atoms with Crippen molar-refractivity contribution in [2.45, 2.75) is 32.0 Å². The zero-order chi connectivity index (χ0) is 15.9. The normalized spacial score (nSPS) is 17.3. The lowest BCUT2D eigenvalue weighted by atomic mass is 10.1. The molecule has 2 aromatic heterocycles. The number of fused-ring (bicyclic) bond motifs is 3. The van der Waals surface area contributed by atoms with Gasteiger partial charge in [-0.25, -0.2) is 4.98 Å². The molecule has 0 saturated heterocycles. The first-order chi connectivity index (χ1) is 10.4. The summed E-state index contributed by atoms with van der Waals surface area (Å²) in [6.45, 7) is 1.65. The Morgan fingerprint density at radius 3 is 2.82 bits per heavy atom. The maximum absolute atomic E-state index is 12.6. The molecule has 0 aromatic carbocycles. The molecule has 3 heterocycles. The van der Waals surface area contributed by atoms with Gasteiger partial charge in [-0.3, -0.25) is 4.57 Å². The number of rotatable bonds is 3. The zero-order valence-electron chi connectivity index (χ0n) is 11.5. The number of hydrogen-bond donors (Lipinski definition) is 0. The van der Waals surface area contributed by atoms with Crippen LogP contribution in [0.25, 0.3) is 5.69 Å². The minimum atomic E-state index is -4.25. The molecular formula is C12H12ClF3N6. The fraction of sp³-hybridized carbons (Fsp3) is 0.500. The number of halogens is 4.